The topological polar surface area (TPSA) is 82.9 Å². The Morgan fingerprint density at radius 2 is 1.96 bits per heavy atom. The van der Waals surface area contributed by atoms with Crippen LogP contribution >= 0.6 is 0 Å². The molecular weight excluding hydrogens is 334 g/mol. The predicted molar refractivity (Wildman–Crippen MR) is 93.0 cm³/mol. The summed E-state index contributed by atoms with van der Waals surface area (Å²) >= 11 is 0. The molecule has 1 aromatic rings. The van der Waals surface area contributed by atoms with E-state index in [1.165, 1.54) is 4.90 Å². The number of nitrogens with zero attached hydrogens (tertiary/aromatic N) is 2. The summed E-state index contributed by atoms with van der Waals surface area (Å²) < 4.78 is 5.55. The Balaban J connectivity index is 1.39. The van der Waals surface area contributed by atoms with Crippen molar-refractivity contribution >= 4 is 17.8 Å². The number of aryl methyl sites for hydroxylation is 1. The fraction of sp³-hybridized carbons (Fsp3) is 0.632. The minimum atomic E-state index is -0.691. The molecule has 140 valence electrons. The summed E-state index contributed by atoms with van der Waals surface area (Å²) in [7, 11) is 0. The van der Waals surface area contributed by atoms with E-state index >= 15 is 0 Å². The van der Waals surface area contributed by atoms with Gasteiger partial charge in [0.2, 0.25) is 5.91 Å². The molecule has 2 aliphatic heterocycles. The third-order valence-corrected chi connectivity index (χ3v) is 5.83. The van der Waals surface area contributed by atoms with Crippen LogP contribution in [0.3, 0.4) is 0 Å². The van der Waals surface area contributed by atoms with Crippen LogP contribution in [0.25, 0.3) is 0 Å². The van der Waals surface area contributed by atoms with Gasteiger partial charge in [0.15, 0.2) is 0 Å². The molecule has 0 aromatic carbocycles. The number of carbonyl (C=O) groups is 3. The van der Waals surface area contributed by atoms with Gasteiger partial charge in [-0.3, -0.25) is 14.5 Å². The van der Waals surface area contributed by atoms with Gasteiger partial charge in [-0.25, -0.2) is 4.79 Å². The van der Waals surface area contributed by atoms with Crippen LogP contribution in [0.1, 0.15) is 50.0 Å². The maximum absolute atomic E-state index is 12.9. The highest BCUT2D eigenvalue weighted by atomic mass is 16.3. The summed E-state index contributed by atoms with van der Waals surface area (Å²) in [5.41, 5.74) is -0.691. The summed E-state index contributed by atoms with van der Waals surface area (Å²) in [6.45, 7) is 3.17. The lowest BCUT2D eigenvalue weighted by atomic mass is 9.81. The monoisotopic (exact) mass is 359 g/mol. The molecule has 1 atom stereocenters. The van der Waals surface area contributed by atoms with E-state index in [0.717, 1.165) is 43.6 Å². The zero-order valence-corrected chi connectivity index (χ0v) is 15.1. The predicted octanol–water partition coefficient (Wildman–Crippen LogP) is 2.19. The lowest BCUT2D eigenvalue weighted by molar-refractivity contribution is -0.133. The second kappa shape index (κ2) is 6.45. The number of hydrogen-bond donors (Lipinski definition) is 1. The molecule has 1 unspecified atom stereocenters. The maximum atomic E-state index is 12.9. The molecule has 7 heteroatoms. The molecule has 7 nitrogen and oxygen atoms in total. The molecule has 1 aliphatic carbocycles. The normalized spacial score (nSPS) is 25.4. The van der Waals surface area contributed by atoms with Crippen LogP contribution < -0.4 is 5.32 Å². The Morgan fingerprint density at radius 3 is 2.65 bits per heavy atom. The Kier molecular flexibility index (Phi) is 4.25. The number of hydrogen-bond acceptors (Lipinski definition) is 4. The molecule has 0 bridgehead atoms. The van der Waals surface area contributed by atoms with Crippen LogP contribution in [0.4, 0.5) is 4.79 Å². The highest BCUT2D eigenvalue weighted by Crippen LogP contribution is 2.34. The highest BCUT2D eigenvalue weighted by molar-refractivity contribution is 6.07. The first-order valence-corrected chi connectivity index (χ1v) is 9.44. The minimum absolute atomic E-state index is 0.0213. The van der Waals surface area contributed by atoms with Crippen LogP contribution in [0.5, 0.6) is 0 Å². The molecular formula is C19H25N3O4. The summed E-state index contributed by atoms with van der Waals surface area (Å²) in [6, 6.07) is 3.45. The van der Waals surface area contributed by atoms with Gasteiger partial charge >= 0.3 is 6.03 Å². The first kappa shape index (κ1) is 17.1. The lowest BCUT2D eigenvalue weighted by Gasteiger charge is -2.30. The third kappa shape index (κ3) is 2.99. The molecule has 3 aliphatic rings. The number of likely N-dealkylation sites (tertiary alicyclic amines) is 1. The molecule has 2 saturated heterocycles. The van der Waals surface area contributed by atoms with Gasteiger partial charge in [-0.05, 0) is 31.9 Å². The highest BCUT2D eigenvalue weighted by Gasteiger charge is 2.52. The van der Waals surface area contributed by atoms with E-state index in [-0.39, 0.29) is 23.8 Å². The smallest absolute Gasteiger partial charge is 0.325 e. The second-order valence-electron chi connectivity index (χ2n) is 7.85. The van der Waals surface area contributed by atoms with Crippen LogP contribution in [0.15, 0.2) is 16.5 Å². The molecule has 3 heterocycles. The van der Waals surface area contributed by atoms with E-state index in [2.05, 4.69) is 5.32 Å². The van der Waals surface area contributed by atoms with Crippen molar-refractivity contribution in [3.8, 4) is 0 Å². The first-order valence-electron chi connectivity index (χ1n) is 9.44. The van der Waals surface area contributed by atoms with E-state index in [1.54, 1.807) is 4.90 Å². The molecule has 4 amide bonds. The standard InChI is InChI=1S/C19H25N3O4/c1-13-5-6-15(26-13)12-21-10-14(9-16(21)23)11-22-17(24)19(20-18(22)25)7-3-2-4-8-19/h5-6,14H,2-4,7-12H2,1H3,(H,20,25). The largest absolute Gasteiger partial charge is 0.464 e. The van der Waals surface area contributed by atoms with Crippen molar-refractivity contribution in [2.24, 2.45) is 5.92 Å². The molecule has 1 saturated carbocycles. The van der Waals surface area contributed by atoms with Crippen molar-refractivity contribution in [2.45, 2.75) is 57.5 Å². The fourth-order valence-electron chi connectivity index (χ4n) is 4.48. The van der Waals surface area contributed by atoms with Gasteiger partial charge in [0.05, 0.1) is 6.54 Å². The number of urea groups is 1. The number of imide groups is 1. The molecule has 1 spiro atoms. The van der Waals surface area contributed by atoms with Crippen LogP contribution in [0, 0.1) is 12.8 Å². The number of furan rings is 1. The Labute approximate surface area is 152 Å². The number of nitrogens with one attached hydrogen (secondary N) is 1. The van der Waals surface area contributed by atoms with E-state index in [1.807, 2.05) is 19.1 Å². The van der Waals surface area contributed by atoms with E-state index < -0.39 is 5.54 Å². The molecule has 1 N–H and O–H groups in total. The Morgan fingerprint density at radius 1 is 1.19 bits per heavy atom. The van der Waals surface area contributed by atoms with Gasteiger partial charge in [-0.2, -0.15) is 0 Å². The van der Waals surface area contributed by atoms with E-state index in [9.17, 15) is 14.4 Å². The van der Waals surface area contributed by atoms with Crippen molar-refractivity contribution < 1.29 is 18.8 Å². The average molecular weight is 359 g/mol. The van der Waals surface area contributed by atoms with Crippen molar-refractivity contribution in [2.75, 3.05) is 13.1 Å². The third-order valence-electron chi connectivity index (χ3n) is 5.83. The zero-order chi connectivity index (χ0) is 18.3. The van der Waals surface area contributed by atoms with Gasteiger partial charge in [-0.15, -0.1) is 0 Å². The molecule has 4 rings (SSSR count). The van der Waals surface area contributed by atoms with Crippen molar-refractivity contribution in [3.63, 3.8) is 0 Å². The van der Waals surface area contributed by atoms with E-state index in [4.69, 9.17) is 4.42 Å². The van der Waals surface area contributed by atoms with Crippen LogP contribution in [-0.4, -0.2) is 46.3 Å². The van der Waals surface area contributed by atoms with Gasteiger partial charge in [0, 0.05) is 25.4 Å². The summed E-state index contributed by atoms with van der Waals surface area (Å²) in [5, 5.41) is 2.93. The van der Waals surface area contributed by atoms with E-state index in [0.29, 0.717) is 26.1 Å². The molecule has 26 heavy (non-hydrogen) atoms. The van der Waals surface area contributed by atoms with Gasteiger partial charge in [0.25, 0.3) is 5.91 Å². The van der Waals surface area contributed by atoms with Crippen LogP contribution in [0.2, 0.25) is 0 Å². The van der Waals surface area contributed by atoms with Gasteiger partial charge < -0.3 is 14.6 Å². The van der Waals surface area contributed by atoms with Crippen molar-refractivity contribution in [1.29, 1.82) is 0 Å². The molecule has 0 radical (unpaired) electrons. The average Bonchev–Trinajstić information content (AvgIpc) is 3.24. The Bertz CT molecular complexity index is 735. The quantitative estimate of drug-likeness (QED) is 0.836. The molecule has 1 aromatic heterocycles. The zero-order valence-electron chi connectivity index (χ0n) is 15.1. The summed E-state index contributed by atoms with van der Waals surface area (Å²) in [4.78, 5) is 40.6. The summed E-state index contributed by atoms with van der Waals surface area (Å²) in [6.07, 6.45) is 4.87. The lowest BCUT2D eigenvalue weighted by Crippen LogP contribution is -2.48. The summed E-state index contributed by atoms with van der Waals surface area (Å²) in [5.74, 6) is 1.50. The second-order valence-corrected chi connectivity index (χ2v) is 7.85. The van der Waals surface area contributed by atoms with Gasteiger partial charge in [0.1, 0.15) is 17.1 Å². The minimum Gasteiger partial charge on any atom is -0.464 e. The number of amides is 4. The number of rotatable bonds is 4. The SMILES string of the molecule is Cc1ccc(CN2CC(CN3C(=O)NC4(CCCCC4)C3=O)CC2=O)o1. The van der Waals surface area contributed by atoms with Gasteiger partial charge in [-0.1, -0.05) is 19.3 Å². The van der Waals surface area contributed by atoms with Crippen molar-refractivity contribution in [3.05, 3.63) is 23.7 Å². The Hall–Kier alpha value is -2.31. The maximum Gasteiger partial charge on any atom is 0.325 e. The first-order chi connectivity index (χ1) is 12.5. The van der Waals surface area contributed by atoms with Crippen LogP contribution in [-0.2, 0) is 16.1 Å². The molecule has 3 fully saturated rings. The number of carbonyl (C=O) groups excluding carboxylic acids is 3. The fourth-order valence-corrected chi connectivity index (χ4v) is 4.48. The van der Waals surface area contributed by atoms with Crippen molar-refractivity contribution in [1.82, 2.24) is 15.1 Å².